The average molecular weight is 242 g/mol. The topological polar surface area (TPSA) is 60.9 Å². The van der Waals surface area contributed by atoms with Crippen LogP contribution in [0, 0.1) is 27.7 Å². The van der Waals surface area contributed by atoms with Gasteiger partial charge in [-0.1, -0.05) is 0 Å². The lowest BCUT2D eigenvalue weighted by Gasteiger charge is -1.97. The molecule has 0 saturated carbocycles. The second kappa shape index (κ2) is 3.63. The third kappa shape index (κ3) is 1.57. The molecular formula is C12H14N6. The minimum atomic E-state index is 0.557. The largest absolute Gasteiger partial charge is 0.272 e. The van der Waals surface area contributed by atoms with Crippen LogP contribution in [0.1, 0.15) is 22.8 Å². The molecule has 0 atom stereocenters. The predicted molar refractivity (Wildman–Crippen MR) is 66.9 cm³/mol. The Bertz CT molecular complexity index is 736. The minimum Gasteiger partial charge on any atom is -0.216 e. The second-order valence-electron chi connectivity index (χ2n) is 4.50. The zero-order chi connectivity index (χ0) is 12.9. The molecule has 0 fully saturated rings. The fraction of sp³-hybridized carbons (Fsp3) is 0.333. The molecule has 3 heterocycles. The zero-order valence-electron chi connectivity index (χ0n) is 10.8. The molecule has 92 valence electrons. The first kappa shape index (κ1) is 10.9. The summed E-state index contributed by atoms with van der Waals surface area (Å²) < 4.78 is 3.47. The Morgan fingerprint density at radius 1 is 0.833 bits per heavy atom. The normalized spacial score (nSPS) is 11.3. The summed E-state index contributed by atoms with van der Waals surface area (Å²) in [6.45, 7) is 7.87. The van der Waals surface area contributed by atoms with E-state index in [4.69, 9.17) is 0 Å². The van der Waals surface area contributed by atoms with Crippen molar-refractivity contribution in [1.29, 1.82) is 0 Å². The van der Waals surface area contributed by atoms with Crippen molar-refractivity contribution in [3.8, 4) is 5.95 Å². The Kier molecular flexibility index (Phi) is 2.19. The van der Waals surface area contributed by atoms with Gasteiger partial charge < -0.3 is 0 Å². The molecule has 0 unspecified atom stereocenters. The smallest absolute Gasteiger partial charge is 0.216 e. The summed E-state index contributed by atoms with van der Waals surface area (Å²) in [7, 11) is 0. The highest BCUT2D eigenvalue weighted by Gasteiger charge is 2.12. The van der Waals surface area contributed by atoms with E-state index in [2.05, 4.69) is 20.2 Å². The summed E-state index contributed by atoms with van der Waals surface area (Å²) in [6.07, 6.45) is 0. The highest BCUT2D eigenvalue weighted by atomic mass is 15.5. The second-order valence-corrected chi connectivity index (χ2v) is 4.50. The predicted octanol–water partition coefficient (Wildman–Crippen LogP) is 1.54. The Balaban J connectivity index is 2.25. The molecule has 0 aliphatic carbocycles. The van der Waals surface area contributed by atoms with Crippen molar-refractivity contribution in [3.05, 3.63) is 34.9 Å². The van der Waals surface area contributed by atoms with Crippen molar-refractivity contribution in [2.75, 3.05) is 0 Å². The van der Waals surface area contributed by atoms with Crippen molar-refractivity contribution in [2.45, 2.75) is 27.7 Å². The van der Waals surface area contributed by atoms with Gasteiger partial charge in [0.1, 0.15) is 0 Å². The third-order valence-corrected chi connectivity index (χ3v) is 2.81. The monoisotopic (exact) mass is 242 g/mol. The van der Waals surface area contributed by atoms with Gasteiger partial charge in [0.25, 0.3) is 11.7 Å². The molecule has 0 N–H and O–H groups in total. The van der Waals surface area contributed by atoms with Crippen molar-refractivity contribution in [1.82, 2.24) is 29.4 Å². The molecule has 0 bridgehead atoms. The molecule has 0 saturated heterocycles. The summed E-state index contributed by atoms with van der Waals surface area (Å²) in [5.74, 6) is 1.16. The van der Waals surface area contributed by atoms with E-state index in [1.54, 1.807) is 9.20 Å². The number of hydrogen-bond acceptors (Lipinski definition) is 4. The molecule has 3 aromatic heterocycles. The third-order valence-electron chi connectivity index (χ3n) is 2.81. The van der Waals surface area contributed by atoms with Gasteiger partial charge in [0.05, 0.1) is 5.69 Å². The van der Waals surface area contributed by atoms with Crippen molar-refractivity contribution in [3.63, 3.8) is 0 Å². The highest BCUT2D eigenvalue weighted by molar-refractivity contribution is 5.35. The number of nitrogens with zero attached hydrogens (tertiary/aromatic N) is 6. The highest BCUT2D eigenvalue weighted by Crippen LogP contribution is 2.11. The Hall–Kier alpha value is -2.24. The van der Waals surface area contributed by atoms with Crippen molar-refractivity contribution in [2.24, 2.45) is 0 Å². The van der Waals surface area contributed by atoms with Crippen LogP contribution >= 0.6 is 0 Å². The van der Waals surface area contributed by atoms with E-state index in [1.807, 2.05) is 39.8 Å². The van der Waals surface area contributed by atoms with E-state index < -0.39 is 0 Å². The lowest BCUT2D eigenvalue weighted by molar-refractivity contribution is 0.762. The molecule has 0 spiro atoms. The molecule has 0 amide bonds. The van der Waals surface area contributed by atoms with E-state index in [9.17, 15) is 0 Å². The standard InChI is InChI=1S/C12H14N6/c1-7-5-9(3)17-11(13-7)14-12(16-17)18-10(4)6-8(2)15-18/h5-6H,1-4H3. The molecule has 0 radical (unpaired) electrons. The number of rotatable bonds is 1. The maximum Gasteiger partial charge on any atom is 0.272 e. The van der Waals surface area contributed by atoms with Gasteiger partial charge in [-0.05, 0) is 39.8 Å². The summed E-state index contributed by atoms with van der Waals surface area (Å²) in [5, 5.41) is 8.82. The Morgan fingerprint density at radius 2 is 1.56 bits per heavy atom. The van der Waals surface area contributed by atoms with Crippen molar-refractivity contribution >= 4 is 5.78 Å². The molecule has 3 rings (SSSR count). The maximum absolute atomic E-state index is 4.44. The van der Waals surface area contributed by atoms with Crippen LogP contribution in [0.4, 0.5) is 0 Å². The summed E-state index contributed by atoms with van der Waals surface area (Å²) >= 11 is 0. The first-order chi connectivity index (χ1) is 8.54. The molecule has 6 heteroatoms. The van der Waals surface area contributed by atoms with Crippen LogP contribution in [0.25, 0.3) is 11.7 Å². The zero-order valence-corrected chi connectivity index (χ0v) is 10.8. The molecule has 3 aromatic rings. The van der Waals surface area contributed by atoms with Gasteiger partial charge >= 0.3 is 0 Å². The van der Waals surface area contributed by atoms with E-state index in [-0.39, 0.29) is 0 Å². The molecule has 0 aliphatic rings. The van der Waals surface area contributed by atoms with Gasteiger partial charge in [-0.2, -0.15) is 14.6 Å². The van der Waals surface area contributed by atoms with Crippen LogP contribution in [0.15, 0.2) is 12.1 Å². The Morgan fingerprint density at radius 3 is 2.22 bits per heavy atom. The van der Waals surface area contributed by atoms with Gasteiger partial charge in [-0.3, -0.25) is 0 Å². The van der Waals surface area contributed by atoms with Crippen LogP contribution in [0.3, 0.4) is 0 Å². The van der Waals surface area contributed by atoms with Crippen molar-refractivity contribution < 1.29 is 0 Å². The van der Waals surface area contributed by atoms with Gasteiger partial charge in [0.15, 0.2) is 0 Å². The minimum absolute atomic E-state index is 0.557. The molecule has 0 aromatic carbocycles. The maximum atomic E-state index is 4.44. The molecule has 0 aliphatic heterocycles. The van der Waals surface area contributed by atoms with Gasteiger partial charge in [-0.25, -0.2) is 9.67 Å². The SMILES string of the molecule is Cc1cc(C)n2nc(-n3nc(C)cc3C)nc2n1. The number of fused-ring (bicyclic) bond motifs is 1. The fourth-order valence-corrected chi connectivity index (χ4v) is 2.08. The number of aromatic nitrogens is 6. The summed E-state index contributed by atoms with van der Waals surface area (Å²) in [5.41, 5.74) is 3.91. The average Bonchev–Trinajstić information content (AvgIpc) is 2.81. The van der Waals surface area contributed by atoms with Crippen LogP contribution in [-0.2, 0) is 0 Å². The Labute approximate surface area is 104 Å². The molecule has 6 nitrogen and oxygen atoms in total. The number of aryl methyl sites for hydroxylation is 4. The first-order valence-electron chi connectivity index (χ1n) is 5.79. The fourth-order valence-electron chi connectivity index (χ4n) is 2.08. The number of hydrogen-bond donors (Lipinski definition) is 0. The van der Waals surface area contributed by atoms with E-state index in [0.717, 1.165) is 22.8 Å². The van der Waals surface area contributed by atoms with Crippen LogP contribution in [-0.4, -0.2) is 29.4 Å². The lowest BCUT2D eigenvalue weighted by Crippen LogP contribution is -2.02. The van der Waals surface area contributed by atoms with Crippen LogP contribution in [0.2, 0.25) is 0 Å². The molecule has 18 heavy (non-hydrogen) atoms. The molecular weight excluding hydrogens is 228 g/mol. The first-order valence-corrected chi connectivity index (χ1v) is 5.79. The van der Waals surface area contributed by atoms with Crippen LogP contribution < -0.4 is 0 Å². The summed E-state index contributed by atoms with van der Waals surface area (Å²) in [6, 6.07) is 3.98. The van der Waals surface area contributed by atoms with Crippen LogP contribution in [0.5, 0.6) is 0 Å². The lowest BCUT2D eigenvalue weighted by atomic mass is 10.4. The van der Waals surface area contributed by atoms with E-state index in [1.165, 1.54) is 0 Å². The van der Waals surface area contributed by atoms with E-state index in [0.29, 0.717) is 11.7 Å². The summed E-state index contributed by atoms with van der Waals surface area (Å²) in [4.78, 5) is 8.79. The van der Waals surface area contributed by atoms with E-state index >= 15 is 0 Å². The quantitative estimate of drug-likeness (QED) is 0.649. The van der Waals surface area contributed by atoms with Gasteiger partial charge in [0.2, 0.25) is 0 Å². The van der Waals surface area contributed by atoms with Gasteiger partial charge in [-0.15, -0.1) is 5.10 Å². The van der Waals surface area contributed by atoms with Gasteiger partial charge in [0, 0.05) is 17.1 Å².